The van der Waals surface area contributed by atoms with E-state index in [1.54, 1.807) is 12.0 Å². The smallest absolute Gasteiger partial charge is 0.224 e. The van der Waals surface area contributed by atoms with Gasteiger partial charge in [-0.1, -0.05) is 6.07 Å². The number of ether oxygens (including phenoxy) is 1. The van der Waals surface area contributed by atoms with E-state index in [4.69, 9.17) is 4.74 Å². The molecule has 0 aromatic heterocycles. The molecule has 5 nitrogen and oxygen atoms in total. The van der Waals surface area contributed by atoms with Gasteiger partial charge in [-0.25, -0.2) is 0 Å². The molecule has 1 fully saturated rings. The third-order valence-electron chi connectivity index (χ3n) is 4.26. The molecule has 23 heavy (non-hydrogen) atoms. The maximum absolute atomic E-state index is 12.3. The van der Waals surface area contributed by atoms with E-state index in [-0.39, 0.29) is 11.8 Å². The van der Waals surface area contributed by atoms with E-state index in [2.05, 4.69) is 0 Å². The number of hydrogen-bond acceptors (Lipinski definition) is 3. The fourth-order valence-corrected chi connectivity index (χ4v) is 2.97. The summed E-state index contributed by atoms with van der Waals surface area (Å²) in [4.78, 5) is 27.9. The zero-order chi connectivity index (χ0) is 16.8. The molecule has 5 heteroatoms. The van der Waals surface area contributed by atoms with E-state index in [9.17, 15) is 9.59 Å². The van der Waals surface area contributed by atoms with E-state index in [1.807, 2.05) is 30.0 Å². The van der Waals surface area contributed by atoms with Crippen LogP contribution >= 0.6 is 0 Å². The molecule has 2 amide bonds. The van der Waals surface area contributed by atoms with E-state index in [0.29, 0.717) is 18.7 Å². The molecule has 0 bridgehead atoms. The summed E-state index contributed by atoms with van der Waals surface area (Å²) in [6.07, 6.45) is 3.70. The van der Waals surface area contributed by atoms with Crippen LogP contribution in [0.15, 0.2) is 18.2 Å². The monoisotopic (exact) mass is 318 g/mol. The SMILES string of the molecule is COc1ccc(C)cc1N(CCC(=O)N1CCCCC1)C(C)=O. The van der Waals surface area contributed by atoms with Crippen molar-refractivity contribution in [1.29, 1.82) is 0 Å². The quantitative estimate of drug-likeness (QED) is 0.839. The number of anilines is 1. The Balaban J connectivity index is 2.08. The summed E-state index contributed by atoms with van der Waals surface area (Å²) in [7, 11) is 1.59. The number of piperidine rings is 1. The predicted molar refractivity (Wildman–Crippen MR) is 90.8 cm³/mol. The highest BCUT2D eigenvalue weighted by Gasteiger charge is 2.21. The Morgan fingerprint density at radius 1 is 1.22 bits per heavy atom. The number of nitrogens with zero attached hydrogens (tertiary/aromatic N) is 2. The summed E-state index contributed by atoms with van der Waals surface area (Å²) < 4.78 is 5.37. The number of amides is 2. The third kappa shape index (κ3) is 4.47. The third-order valence-corrected chi connectivity index (χ3v) is 4.26. The van der Waals surface area contributed by atoms with Crippen LogP contribution in [0.3, 0.4) is 0 Å². The van der Waals surface area contributed by atoms with Crippen LogP contribution in [0.4, 0.5) is 5.69 Å². The van der Waals surface area contributed by atoms with E-state index < -0.39 is 0 Å². The molecule has 0 aliphatic carbocycles. The number of hydrogen-bond donors (Lipinski definition) is 0. The first-order valence-corrected chi connectivity index (χ1v) is 8.23. The maximum Gasteiger partial charge on any atom is 0.224 e. The molecule has 1 aliphatic heterocycles. The molecular weight excluding hydrogens is 292 g/mol. The number of methoxy groups -OCH3 is 1. The van der Waals surface area contributed by atoms with Gasteiger partial charge in [0.1, 0.15) is 5.75 Å². The van der Waals surface area contributed by atoms with Gasteiger partial charge < -0.3 is 14.5 Å². The van der Waals surface area contributed by atoms with Gasteiger partial charge in [0.15, 0.2) is 0 Å². The van der Waals surface area contributed by atoms with Crippen molar-refractivity contribution in [2.75, 3.05) is 31.6 Å². The molecule has 0 radical (unpaired) electrons. The molecule has 0 spiro atoms. The second-order valence-corrected chi connectivity index (χ2v) is 6.04. The number of carbonyl (C=O) groups excluding carboxylic acids is 2. The van der Waals surface area contributed by atoms with E-state index >= 15 is 0 Å². The molecule has 1 aromatic carbocycles. The van der Waals surface area contributed by atoms with Crippen LogP contribution in [0, 0.1) is 6.92 Å². The summed E-state index contributed by atoms with van der Waals surface area (Å²) in [6, 6.07) is 5.72. The molecule has 1 aromatic rings. The topological polar surface area (TPSA) is 49.9 Å². The Morgan fingerprint density at radius 2 is 1.91 bits per heavy atom. The molecule has 0 saturated carbocycles. The van der Waals surface area contributed by atoms with Crippen LogP contribution in [-0.4, -0.2) is 43.5 Å². The van der Waals surface area contributed by atoms with Crippen molar-refractivity contribution >= 4 is 17.5 Å². The Hall–Kier alpha value is -2.04. The zero-order valence-electron chi connectivity index (χ0n) is 14.3. The fraction of sp³-hybridized carbons (Fsp3) is 0.556. The van der Waals surface area contributed by atoms with Crippen LogP contribution in [0.5, 0.6) is 5.75 Å². The van der Waals surface area contributed by atoms with Crippen molar-refractivity contribution in [1.82, 2.24) is 4.90 Å². The normalized spacial score (nSPS) is 14.5. The second-order valence-electron chi connectivity index (χ2n) is 6.04. The second kappa shape index (κ2) is 7.99. The predicted octanol–water partition coefficient (Wildman–Crippen LogP) is 2.76. The molecule has 1 heterocycles. The lowest BCUT2D eigenvalue weighted by Crippen LogP contribution is -2.39. The van der Waals surface area contributed by atoms with Crippen LogP contribution in [-0.2, 0) is 9.59 Å². The maximum atomic E-state index is 12.3. The minimum Gasteiger partial charge on any atom is -0.495 e. The van der Waals surface area contributed by atoms with Crippen molar-refractivity contribution in [3.63, 3.8) is 0 Å². The van der Waals surface area contributed by atoms with Gasteiger partial charge in [-0.15, -0.1) is 0 Å². The first-order chi connectivity index (χ1) is 11.0. The van der Waals surface area contributed by atoms with Crippen molar-refractivity contribution in [3.8, 4) is 5.75 Å². The van der Waals surface area contributed by atoms with Crippen LogP contribution in [0.25, 0.3) is 0 Å². The number of benzene rings is 1. The van der Waals surface area contributed by atoms with Crippen LogP contribution in [0.1, 0.15) is 38.2 Å². The highest BCUT2D eigenvalue weighted by atomic mass is 16.5. The van der Waals surface area contributed by atoms with Crippen molar-refractivity contribution in [3.05, 3.63) is 23.8 Å². The standard InChI is InChI=1S/C18H26N2O3/c1-14-7-8-17(23-3)16(13-14)20(15(2)21)12-9-18(22)19-10-5-4-6-11-19/h7-8,13H,4-6,9-12H2,1-3H3. The van der Waals surface area contributed by atoms with Gasteiger partial charge >= 0.3 is 0 Å². The van der Waals surface area contributed by atoms with Gasteiger partial charge in [-0.05, 0) is 43.9 Å². The largest absolute Gasteiger partial charge is 0.495 e. The Labute approximate surface area is 138 Å². The summed E-state index contributed by atoms with van der Waals surface area (Å²) in [5.41, 5.74) is 1.78. The lowest BCUT2D eigenvalue weighted by atomic mass is 10.1. The zero-order valence-corrected chi connectivity index (χ0v) is 14.3. The van der Waals surface area contributed by atoms with Crippen molar-refractivity contribution in [2.24, 2.45) is 0 Å². The lowest BCUT2D eigenvalue weighted by Gasteiger charge is -2.28. The number of aryl methyl sites for hydroxylation is 1. The van der Waals surface area contributed by atoms with Crippen LogP contribution in [0.2, 0.25) is 0 Å². The molecule has 0 N–H and O–H groups in total. The minimum absolute atomic E-state index is 0.0830. The number of likely N-dealkylation sites (tertiary alicyclic amines) is 1. The minimum atomic E-state index is -0.0830. The molecule has 1 aliphatic rings. The summed E-state index contributed by atoms with van der Waals surface area (Å²) in [5, 5.41) is 0. The van der Waals surface area contributed by atoms with Gasteiger partial charge in [-0.2, -0.15) is 0 Å². The first-order valence-electron chi connectivity index (χ1n) is 8.23. The summed E-state index contributed by atoms with van der Waals surface area (Å²) in [6.45, 7) is 5.55. The fourth-order valence-electron chi connectivity index (χ4n) is 2.97. The molecule has 126 valence electrons. The van der Waals surface area contributed by atoms with Gasteiger partial charge in [0, 0.05) is 33.0 Å². The number of rotatable bonds is 5. The molecule has 0 atom stereocenters. The summed E-state index contributed by atoms with van der Waals surface area (Å²) >= 11 is 0. The highest BCUT2D eigenvalue weighted by Crippen LogP contribution is 2.29. The molecule has 1 saturated heterocycles. The van der Waals surface area contributed by atoms with Gasteiger partial charge in [-0.3, -0.25) is 9.59 Å². The summed E-state index contributed by atoms with van der Waals surface area (Å²) in [5.74, 6) is 0.694. The van der Waals surface area contributed by atoms with Crippen molar-refractivity contribution in [2.45, 2.75) is 39.5 Å². The highest BCUT2D eigenvalue weighted by molar-refractivity contribution is 5.94. The van der Waals surface area contributed by atoms with Crippen molar-refractivity contribution < 1.29 is 14.3 Å². The molecule has 0 unspecified atom stereocenters. The Kier molecular flexibility index (Phi) is 6.02. The average molecular weight is 318 g/mol. The van der Waals surface area contributed by atoms with E-state index in [1.165, 1.54) is 13.3 Å². The van der Waals surface area contributed by atoms with Gasteiger partial charge in [0.2, 0.25) is 11.8 Å². The number of carbonyl (C=O) groups is 2. The Bertz CT molecular complexity index is 565. The molecule has 2 rings (SSSR count). The van der Waals surface area contributed by atoms with Gasteiger partial charge in [0.25, 0.3) is 0 Å². The lowest BCUT2D eigenvalue weighted by molar-refractivity contribution is -0.131. The van der Waals surface area contributed by atoms with Gasteiger partial charge in [0.05, 0.1) is 12.8 Å². The van der Waals surface area contributed by atoms with E-state index in [0.717, 1.165) is 37.2 Å². The first kappa shape index (κ1) is 17.3. The molecular formula is C18H26N2O3. The van der Waals surface area contributed by atoms with Crippen LogP contribution < -0.4 is 9.64 Å². The Morgan fingerprint density at radius 3 is 2.52 bits per heavy atom. The average Bonchev–Trinajstić information content (AvgIpc) is 2.55.